The van der Waals surface area contributed by atoms with Crippen LogP contribution in [-0.2, 0) is 14.6 Å². The van der Waals surface area contributed by atoms with E-state index >= 15 is 0 Å². The van der Waals surface area contributed by atoms with Gasteiger partial charge in [0.1, 0.15) is 5.82 Å². The van der Waals surface area contributed by atoms with Crippen LogP contribution in [0.2, 0.25) is 0 Å². The van der Waals surface area contributed by atoms with Crippen molar-refractivity contribution >= 4 is 35.7 Å². The van der Waals surface area contributed by atoms with E-state index in [-0.39, 0.29) is 11.0 Å². The van der Waals surface area contributed by atoms with Gasteiger partial charge in [0.2, 0.25) is 0 Å². The lowest BCUT2D eigenvalue weighted by atomic mass is 10.1. The van der Waals surface area contributed by atoms with Crippen LogP contribution in [0.5, 0.6) is 0 Å². The standard InChI is InChI=1S/C12H12BrClFN3O2S/c1-12(2,3)18-10(16-17-11(18)21(14,19)20)7-4-8(13)6-9(15)5-7/h4-6H,1-3H3. The van der Waals surface area contributed by atoms with Gasteiger partial charge in [-0.3, -0.25) is 4.57 Å². The summed E-state index contributed by atoms with van der Waals surface area (Å²) in [5.74, 6) is -0.250. The first-order chi connectivity index (χ1) is 9.50. The van der Waals surface area contributed by atoms with Gasteiger partial charge < -0.3 is 0 Å². The number of aromatic nitrogens is 3. The van der Waals surface area contributed by atoms with Gasteiger partial charge in [0, 0.05) is 26.3 Å². The first-order valence-electron chi connectivity index (χ1n) is 5.87. The van der Waals surface area contributed by atoms with Gasteiger partial charge in [-0.15, -0.1) is 10.2 Å². The lowest BCUT2D eigenvalue weighted by molar-refractivity contribution is 0.367. The molecule has 0 radical (unpaired) electrons. The molecule has 0 aliphatic rings. The maximum absolute atomic E-state index is 13.6. The molecule has 0 spiro atoms. The van der Waals surface area contributed by atoms with Gasteiger partial charge in [0.25, 0.3) is 14.2 Å². The number of benzene rings is 1. The van der Waals surface area contributed by atoms with Gasteiger partial charge in [-0.05, 0) is 39.0 Å². The predicted octanol–water partition coefficient (Wildman–Crippen LogP) is 3.53. The van der Waals surface area contributed by atoms with Crippen molar-refractivity contribution in [2.75, 3.05) is 0 Å². The van der Waals surface area contributed by atoms with Crippen molar-refractivity contribution in [3.63, 3.8) is 0 Å². The van der Waals surface area contributed by atoms with Crippen molar-refractivity contribution in [3.8, 4) is 11.4 Å². The lowest BCUT2D eigenvalue weighted by Crippen LogP contribution is -2.25. The molecule has 21 heavy (non-hydrogen) atoms. The van der Waals surface area contributed by atoms with E-state index in [1.54, 1.807) is 26.8 Å². The highest BCUT2D eigenvalue weighted by molar-refractivity contribution is 9.10. The molecular weight excluding hydrogens is 385 g/mol. The third-order valence-electron chi connectivity index (χ3n) is 2.64. The van der Waals surface area contributed by atoms with Crippen LogP contribution < -0.4 is 0 Å². The molecule has 1 heterocycles. The maximum Gasteiger partial charge on any atom is 0.296 e. The van der Waals surface area contributed by atoms with Gasteiger partial charge in [0.15, 0.2) is 5.82 Å². The summed E-state index contributed by atoms with van der Waals surface area (Å²) in [6.07, 6.45) is 0. The van der Waals surface area contributed by atoms with E-state index in [2.05, 4.69) is 26.1 Å². The Kier molecular flexibility index (Phi) is 4.16. The first kappa shape index (κ1) is 16.4. The molecule has 1 aromatic heterocycles. The normalized spacial score (nSPS) is 12.7. The monoisotopic (exact) mass is 395 g/mol. The van der Waals surface area contributed by atoms with Crippen LogP contribution in [0.15, 0.2) is 27.8 Å². The van der Waals surface area contributed by atoms with Gasteiger partial charge in [-0.2, -0.15) is 0 Å². The summed E-state index contributed by atoms with van der Waals surface area (Å²) in [6, 6.07) is 4.17. The zero-order valence-electron chi connectivity index (χ0n) is 11.4. The fraction of sp³-hybridized carbons (Fsp3) is 0.333. The highest BCUT2D eigenvalue weighted by atomic mass is 79.9. The van der Waals surface area contributed by atoms with Crippen molar-refractivity contribution in [3.05, 3.63) is 28.5 Å². The van der Waals surface area contributed by atoms with E-state index < -0.39 is 20.4 Å². The molecule has 2 aromatic rings. The molecule has 0 aliphatic carbocycles. The number of halogens is 3. The van der Waals surface area contributed by atoms with E-state index in [9.17, 15) is 12.8 Å². The summed E-state index contributed by atoms with van der Waals surface area (Å²) in [5.41, 5.74) is -0.259. The minimum absolute atomic E-state index is 0.224. The van der Waals surface area contributed by atoms with E-state index in [4.69, 9.17) is 10.7 Å². The van der Waals surface area contributed by atoms with Gasteiger partial charge in [-0.25, -0.2) is 12.8 Å². The Labute approximate surface area is 134 Å². The van der Waals surface area contributed by atoms with Crippen molar-refractivity contribution in [2.45, 2.75) is 31.5 Å². The molecule has 0 N–H and O–H groups in total. The highest BCUT2D eigenvalue weighted by Gasteiger charge is 2.30. The molecule has 5 nitrogen and oxygen atoms in total. The first-order valence-corrected chi connectivity index (χ1v) is 8.97. The fourth-order valence-electron chi connectivity index (χ4n) is 1.90. The smallest absolute Gasteiger partial charge is 0.291 e. The van der Waals surface area contributed by atoms with Crippen molar-refractivity contribution in [1.29, 1.82) is 0 Å². The van der Waals surface area contributed by atoms with Crippen LogP contribution >= 0.6 is 26.6 Å². The van der Waals surface area contributed by atoms with Crippen LogP contribution in [0.25, 0.3) is 11.4 Å². The van der Waals surface area contributed by atoms with Gasteiger partial charge in [-0.1, -0.05) is 15.9 Å². The Bertz CT molecular complexity index is 779. The molecule has 114 valence electrons. The van der Waals surface area contributed by atoms with Crippen LogP contribution in [0.1, 0.15) is 20.8 Å². The van der Waals surface area contributed by atoms with Crippen molar-refractivity contribution in [1.82, 2.24) is 14.8 Å². The van der Waals surface area contributed by atoms with Gasteiger partial charge in [0.05, 0.1) is 0 Å². The van der Waals surface area contributed by atoms with Crippen LogP contribution in [0.3, 0.4) is 0 Å². The molecule has 1 aromatic carbocycles. The molecule has 0 saturated carbocycles. The maximum atomic E-state index is 13.6. The topological polar surface area (TPSA) is 64.8 Å². The predicted molar refractivity (Wildman–Crippen MR) is 81.2 cm³/mol. The second kappa shape index (κ2) is 5.33. The minimum Gasteiger partial charge on any atom is -0.291 e. The third-order valence-corrected chi connectivity index (χ3v) is 4.22. The Balaban J connectivity index is 2.79. The second-order valence-electron chi connectivity index (χ2n) is 5.41. The van der Waals surface area contributed by atoms with Gasteiger partial charge >= 0.3 is 0 Å². The summed E-state index contributed by atoms with van der Waals surface area (Å²) in [4.78, 5) is 0. The van der Waals surface area contributed by atoms with Crippen LogP contribution in [-0.4, -0.2) is 23.2 Å². The Hall–Kier alpha value is -0.990. The molecule has 2 rings (SSSR count). The fourth-order valence-corrected chi connectivity index (χ4v) is 3.38. The number of hydrogen-bond acceptors (Lipinski definition) is 4. The minimum atomic E-state index is -4.07. The molecule has 0 amide bonds. The second-order valence-corrected chi connectivity index (χ2v) is 8.78. The van der Waals surface area contributed by atoms with E-state index in [0.717, 1.165) is 0 Å². The lowest BCUT2D eigenvalue weighted by Gasteiger charge is -2.24. The summed E-state index contributed by atoms with van der Waals surface area (Å²) in [5, 5.41) is 7.14. The summed E-state index contributed by atoms with van der Waals surface area (Å²) in [6.45, 7) is 5.33. The van der Waals surface area contributed by atoms with Crippen molar-refractivity contribution in [2.24, 2.45) is 0 Å². The SMILES string of the molecule is CC(C)(C)n1c(-c2cc(F)cc(Br)c2)nnc1S(=O)(=O)Cl. The van der Waals surface area contributed by atoms with Crippen LogP contribution in [0.4, 0.5) is 4.39 Å². The Morgan fingerprint density at radius 2 is 1.86 bits per heavy atom. The summed E-state index contributed by atoms with van der Waals surface area (Å²) < 4.78 is 38.7. The van der Waals surface area contributed by atoms with E-state index in [1.807, 2.05) is 0 Å². The quantitative estimate of drug-likeness (QED) is 0.729. The molecule has 0 bridgehead atoms. The molecule has 0 fully saturated rings. The van der Waals surface area contributed by atoms with E-state index in [0.29, 0.717) is 10.0 Å². The summed E-state index contributed by atoms with van der Waals surface area (Å²) >= 11 is 3.19. The molecular formula is C12H12BrClFN3O2S. The van der Waals surface area contributed by atoms with Crippen LogP contribution in [0, 0.1) is 5.82 Å². The highest BCUT2D eigenvalue weighted by Crippen LogP contribution is 2.31. The Morgan fingerprint density at radius 1 is 1.24 bits per heavy atom. The largest absolute Gasteiger partial charge is 0.296 e. The molecule has 0 aliphatic heterocycles. The molecule has 0 unspecified atom stereocenters. The van der Waals surface area contributed by atoms with Crippen molar-refractivity contribution < 1.29 is 12.8 Å². The third kappa shape index (κ3) is 3.44. The molecule has 0 saturated heterocycles. The zero-order valence-corrected chi connectivity index (χ0v) is 14.6. The summed E-state index contributed by atoms with van der Waals surface area (Å²) in [7, 11) is 1.33. The molecule has 9 heteroatoms. The number of hydrogen-bond donors (Lipinski definition) is 0. The molecule has 0 atom stereocenters. The Morgan fingerprint density at radius 3 is 2.33 bits per heavy atom. The average Bonchev–Trinajstić information content (AvgIpc) is 2.70. The number of rotatable bonds is 2. The zero-order chi connectivity index (χ0) is 16.0. The van der Waals surface area contributed by atoms with E-state index in [1.165, 1.54) is 16.7 Å². The number of nitrogens with zero attached hydrogens (tertiary/aromatic N) is 3. The average molecular weight is 397 g/mol.